The Balaban J connectivity index is 2.18. The molecule has 3 rings (SSSR count). The molecule has 164 valence electrons. The molecule has 1 amide bonds. The van der Waals surface area contributed by atoms with Gasteiger partial charge in [-0.25, -0.2) is 0 Å². The first-order valence-corrected chi connectivity index (χ1v) is 10.1. The van der Waals surface area contributed by atoms with Gasteiger partial charge in [0.2, 0.25) is 0 Å². The molecule has 0 bridgehead atoms. The summed E-state index contributed by atoms with van der Waals surface area (Å²) in [5, 5.41) is 11.4. The number of aliphatic hydroxyl groups excluding tert-OH is 1. The average Bonchev–Trinajstić information content (AvgIpc) is 3.04. The average molecular weight is 446 g/mol. The number of Topliss-reactive ketones (excluding diaryl/α,β-unsaturated/α-hetero) is 1. The number of hydrogen-bond donors (Lipinski definition) is 1. The third-order valence-corrected chi connectivity index (χ3v) is 5.43. The number of ketones is 1. The molecule has 1 aliphatic rings. The number of hydrogen-bond acceptors (Lipinski definition) is 6. The van der Waals surface area contributed by atoms with Crippen LogP contribution in [0.15, 0.2) is 48.0 Å². The number of likely N-dealkylation sites (tertiary alicyclic amines) is 1. The zero-order chi connectivity index (χ0) is 22.5. The minimum absolute atomic E-state index is 0.0202. The predicted octanol–water partition coefficient (Wildman–Crippen LogP) is 3.82. The Labute approximate surface area is 185 Å². The molecule has 7 nitrogen and oxygen atoms in total. The Morgan fingerprint density at radius 3 is 2.35 bits per heavy atom. The Bertz CT molecular complexity index is 1000. The van der Waals surface area contributed by atoms with Crippen LogP contribution in [-0.4, -0.2) is 56.2 Å². The van der Waals surface area contributed by atoms with Gasteiger partial charge in [0.05, 0.1) is 36.4 Å². The van der Waals surface area contributed by atoms with Gasteiger partial charge in [-0.2, -0.15) is 0 Å². The van der Waals surface area contributed by atoms with Crippen molar-refractivity contribution in [2.75, 3.05) is 34.5 Å². The number of carbonyl (C=O) groups excluding carboxylic acids is 2. The first-order valence-electron chi connectivity index (χ1n) is 9.68. The zero-order valence-corrected chi connectivity index (χ0v) is 18.3. The van der Waals surface area contributed by atoms with Gasteiger partial charge < -0.3 is 24.2 Å². The minimum atomic E-state index is -0.766. The fourth-order valence-corrected chi connectivity index (χ4v) is 3.90. The second-order valence-corrected chi connectivity index (χ2v) is 7.34. The first kappa shape index (κ1) is 22.7. The van der Waals surface area contributed by atoms with Gasteiger partial charge in [0.25, 0.3) is 11.7 Å². The van der Waals surface area contributed by atoms with Crippen molar-refractivity contribution in [1.29, 1.82) is 0 Å². The summed E-state index contributed by atoms with van der Waals surface area (Å²) in [6.07, 6.45) is 0.546. The predicted molar refractivity (Wildman–Crippen MR) is 117 cm³/mol. The Morgan fingerprint density at radius 2 is 1.74 bits per heavy atom. The van der Waals surface area contributed by atoms with Crippen molar-refractivity contribution in [2.24, 2.45) is 0 Å². The largest absolute Gasteiger partial charge is 0.507 e. The van der Waals surface area contributed by atoms with Crippen molar-refractivity contribution >= 4 is 29.1 Å². The van der Waals surface area contributed by atoms with E-state index in [0.717, 1.165) is 0 Å². The highest BCUT2D eigenvalue weighted by molar-refractivity contribution is 6.46. The minimum Gasteiger partial charge on any atom is -0.507 e. The van der Waals surface area contributed by atoms with E-state index in [1.54, 1.807) is 7.11 Å². The van der Waals surface area contributed by atoms with E-state index in [0.29, 0.717) is 30.9 Å². The number of rotatable bonds is 8. The maximum atomic E-state index is 13.0. The van der Waals surface area contributed by atoms with Crippen LogP contribution >= 0.6 is 11.6 Å². The van der Waals surface area contributed by atoms with E-state index in [-0.39, 0.29) is 27.7 Å². The van der Waals surface area contributed by atoms with Gasteiger partial charge in [-0.1, -0.05) is 41.9 Å². The molecule has 1 saturated heterocycles. The molecule has 31 heavy (non-hydrogen) atoms. The number of benzene rings is 2. The maximum absolute atomic E-state index is 13.0. The third kappa shape index (κ3) is 4.38. The van der Waals surface area contributed by atoms with Crippen molar-refractivity contribution < 1.29 is 28.9 Å². The summed E-state index contributed by atoms with van der Waals surface area (Å²) in [5.41, 5.74) is 0.886. The van der Waals surface area contributed by atoms with Gasteiger partial charge in [0.15, 0.2) is 0 Å². The van der Waals surface area contributed by atoms with Crippen LogP contribution in [0.2, 0.25) is 5.02 Å². The molecule has 1 fully saturated rings. The number of halogens is 1. The second kappa shape index (κ2) is 9.85. The topological polar surface area (TPSA) is 85.3 Å². The highest BCUT2D eigenvalue weighted by Crippen LogP contribution is 2.42. The van der Waals surface area contributed by atoms with E-state index in [2.05, 4.69) is 0 Å². The van der Waals surface area contributed by atoms with Crippen molar-refractivity contribution in [3.8, 4) is 11.5 Å². The standard InChI is InChI=1S/C23H24ClNO6/c1-29-11-7-10-25-20(14-8-5-4-6-9-14)19(22(27)23(25)28)21(26)15-12-16(24)18(31-3)13-17(15)30-2/h4-6,8-9,12-13,20,26H,7,10-11H2,1-3H3/b21-19+. The first-order chi connectivity index (χ1) is 14.9. The van der Waals surface area contributed by atoms with Crippen LogP contribution in [0.25, 0.3) is 5.76 Å². The molecular weight excluding hydrogens is 422 g/mol. The third-order valence-electron chi connectivity index (χ3n) is 5.13. The molecule has 1 aliphatic heterocycles. The van der Waals surface area contributed by atoms with Gasteiger partial charge in [0, 0.05) is 26.3 Å². The lowest BCUT2D eigenvalue weighted by Gasteiger charge is -2.25. The van der Waals surface area contributed by atoms with E-state index < -0.39 is 17.7 Å². The quantitative estimate of drug-likeness (QED) is 0.288. The lowest BCUT2D eigenvalue weighted by molar-refractivity contribution is -0.140. The van der Waals surface area contributed by atoms with E-state index in [1.165, 1.54) is 31.3 Å². The molecule has 1 N–H and O–H groups in total. The fourth-order valence-electron chi connectivity index (χ4n) is 3.66. The van der Waals surface area contributed by atoms with E-state index in [9.17, 15) is 14.7 Å². The summed E-state index contributed by atoms with van der Waals surface area (Å²) >= 11 is 6.25. The molecule has 8 heteroatoms. The van der Waals surface area contributed by atoms with Crippen LogP contribution in [-0.2, 0) is 14.3 Å². The number of nitrogens with zero attached hydrogens (tertiary/aromatic N) is 1. The van der Waals surface area contributed by atoms with Gasteiger partial charge in [-0.15, -0.1) is 0 Å². The number of carbonyl (C=O) groups is 2. The van der Waals surface area contributed by atoms with Crippen LogP contribution in [0, 0.1) is 0 Å². The number of aliphatic hydroxyl groups is 1. The normalized spacial score (nSPS) is 17.8. The van der Waals surface area contributed by atoms with Gasteiger partial charge in [0.1, 0.15) is 17.3 Å². The van der Waals surface area contributed by atoms with Crippen LogP contribution in [0.1, 0.15) is 23.6 Å². The molecule has 1 unspecified atom stereocenters. The van der Waals surface area contributed by atoms with E-state index >= 15 is 0 Å². The van der Waals surface area contributed by atoms with E-state index in [1.807, 2.05) is 30.3 Å². The van der Waals surface area contributed by atoms with Gasteiger partial charge in [-0.05, 0) is 18.1 Å². The zero-order valence-electron chi connectivity index (χ0n) is 17.6. The number of methoxy groups -OCH3 is 3. The van der Waals surface area contributed by atoms with Crippen molar-refractivity contribution in [1.82, 2.24) is 4.90 Å². The van der Waals surface area contributed by atoms with Crippen molar-refractivity contribution in [2.45, 2.75) is 12.5 Å². The fraction of sp³-hybridized carbons (Fsp3) is 0.304. The van der Waals surface area contributed by atoms with Crippen LogP contribution in [0.5, 0.6) is 11.5 Å². The number of ether oxygens (including phenoxy) is 3. The molecule has 0 saturated carbocycles. The van der Waals surface area contributed by atoms with Crippen LogP contribution in [0.3, 0.4) is 0 Å². The summed E-state index contributed by atoms with van der Waals surface area (Å²) in [6.45, 7) is 0.738. The molecule has 2 aromatic carbocycles. The van der Waals surface area contributed by atoms with Crippen LogP contribution in [0.4, 0.5) is 0 Å². The van der Waals surface area contributed by atoms with Gasteiger partial charge >= 0.3 is 0 Å². The monoisotopic (exact) mass is 445 g/mol. The molecule has 0 spiro atoms. The second-order valence-electron chi connectivity index (χ2n) is 6.94. The highest BCUT2D eigenvalue weighted by Gasteiger charge is 2.46. The van der Waals surface area contributed by atoms with E-state index in [4.69, 9.17) is 25.8 Å². The summed E-state index contributed by atoms with van der Waals surface area (Å²) in [7, 11) is 4.46. The smallest absolute Gasteiger partial charge is 0.295 e. The maximum Gasteiger partial charge on any atom is 0.295 e. The summed E-state index contributed by atoms with van der Waals surface area (Å²) in [6, 6.07) is 11.3. The van der Waals surface area contributed by atoms with Crippen molar-refractivity contribution in [3.05, 3.63) is 64.2 Å². The molecule has 2 aromatic rings. The lowest BCUT2D eigenvalue weighted by atomic mass is 9.95. The Morgan fingerprint density at radius 1 is 1.06 bits per heavy atom. The molecule has 1 heterocycles. The number of amides is 1. The molecule has 0 aromatic heterocycles. The summed E-state index contributed by atoms with van der Waals surface area (Å²) in [5.74, 6) is -1.18. The molecule has 0 radical (unpaired) electrons. The lowest BCUT2D eigenvalue weighted by Crippen LogP contribution is -2.31. The molecule has 1 atom stereocenters. The molecular formula is C23H24ClNO6. The summed E-state index contributed by atoms with van der Waals surface area (Å²) in [4.78, 5) is 27.3. The Hall–Kier alpha value is -3.03. The SMILES string of the molecule is COCCCN1C(=O)C(=O)/C(=C(/O)c2cc(Cl)c(OC)cc2OC)C1c1ccccc1. The van der Waals surface area contributed by atoms with Crippen LogP contribution < -0.4 is 9.47 Å². The van der Waals surface area contributed by atoms with Crippen molar-refractivity contribution in [3.63, 3.8) is 0 Å². The summed E-state index contributed by atoms with van der Waals surface area (Å²) < 4.78 is 15.7. The highest BCUT2D eigenvalue weighted by atomic mass is 35.5. The van der Waals surface area contributed by atoms with Gasteiger partial charge in [-0.3, -0.25) is 9.59 Å². The Kier molecular flexibility index (Phi) is 7.20. The molecule has 0 aliphatic carbocycles.